The smallest absolute Gasteiger partial charge is 0.307 e. The fourth-order valence-corrected chi connectivity index (χ4v) is 2.74. The Morgan fingerprint density at radius 3 is 2.72 bits per heavy atom. The van der Waals surface area contributed by atoms with Gasteiger partial charge >= 0.3 is 5.97 Å². The molecular weight excluding hydrogens is 322 g/mol. The van der Waals surface area contributed by atoms with Crippen LogP contribution in [0.4, 0.5) is 0 Å². The van der Waals surface area contributed by atoms with Crippen LogP contribution in [-0.4, -0.2) is 55.8 Å². The maximum absolute atomic E-state index is 12.5. The van der Waals surface area contributed by atoms with Crippen LogP contribution in [0.2, 0.25) is 0 Å². The second-order valence-electron chi connectivity index (χ2n) is 5.94. The number of esters is 1. The van der Waals surface area contributed by atoms with E-state index in [1.54, 1.807) is 11.8 Å². The summed E-state index contributed by atoms with van der Waals surface area (Å²) in [5.41, 5.74) is 0. The molecule has 1 unspecified atom stereocenters. The van der Waals surface area contributed by atoms with Crippen molar-refractivity contribution in [2.75, 3.05) is 32.9 Å². The molecule has 138 valence electrons. The Kier molecular flexibility index (Phi) is 8.25. The molecule has 1 fully saturated rings. The molecule has 0 saturated carbocycles. The van der Waals surface area contributed by atoms with Crippen LogP contribution in [0.15, 0.2) is 30.3 Å². The van der Waals surface area contributed by atoms with E-state index in [4.69, 9.17) is 14.2 Å². The predicted octanol–water partition coefficient (Wildman–Crippen LogP) is 2.42. The number of benzene rings is 1. The predicted molar refractivity (Wildman–Crippen MR) is 93.4 cm³/mol. The van der Waals surface area contributed by atoms with Gasteiger partial charge in [-0.2, -0.15) is 0 Å². The summed E-state index contributed by atoms with van der Waals surface area (Å²) in [7, 11) is 0. The van der Waals surface area contributed by atoms with E-state index in [0.29, 0.717) is 26.3 Å². The fourth-order valence-electron chi connectivity index (χ4n) is 2.74. The molecule has 0 N–H and O–H groups in total. The van der Waals surface area contributed by atoms with Crippen LogP contribution in [0, 0.1) is 0 Å². The van der Waals surface area contributed by atoms with Crippen molar-refractivity contribution in [2.24, 2.45) is 0 Å². The van der Waals surface area contributed by atoms with E-state index in [1.807, 2.05) is 30.3 Å². The molecule has 0 bridgehead atoms. The maximum Gasteiger partial charge on any atom is 0.307 e. The Bertz CT molecular complexity index is 528. The monoisotopic (exact) mass is 349 g/mol. The molecule has 1 atom stereocenters. The standard InChI is InChI=1S/C19H27NO5/c1-2-23-19(22)10-12-20(15-17-9-6-13-24-17)18(21)11-14-25-16-7-4-3-5-8-16/h3-5,7-8,17H,2,6,9-15H2,1H3. The first-order valence-electron chi connectivity index (χ1n) is 8.92. The number of rotatable bonds is 10. The van der Waals surface area contributed by atoms with Gasteiger partial charge in [-0.3, -0.25) is 9.59 Å². The highest BCUT2D eigenvalue weighted by molar-refractivity contribution is 5.77. The van der Waals surface area contributed by atoms with Crippen LogP contribution in [0.25, 0.3) is 0 Å². The largest absolute Gasteiger partial charge is 0.493 e. The van der Waals surface area contributed by atoms with Gasteiger partial charge in [0.05, 0.1) is 32.2 Å². The first-order chi connectivity index (χ1) is 12.2. The van der Waals surface area contributed by atoms with Gasteiger partial charge in [-0.15, -0.1) is 0 Å². The summed E-state index contributed by atoms with van der Waals surface area (Å²) in [5.74, 6) is 0.427. The number of hydrogen-bond acceptors (Lipinski definition) is 5. The zero-order chi connectivity index (χ0) is 17.9. The van der Waals surface area contributed by atoms with E-state index in [1.165, 1.54) is 0 Å². The first-order valence-corrected chi connectivity index (χ1v) is 8.92. The highest BCUT2D eigenvalue weighted by atomic mass is 16.5. The third-order valence-electron chi connectivity index (χ3n) is 4.02. The summed E-state index contributed by atoms with van der Waals surface area (Å²) in [5, 5.41) is 0. The van der Waals surface area contributed by atoms with Gasteiger partial charge in [-0.1, -0.05) is 18.2 Å². The molecule has 0 spiro atoms. The van der Waals surface area contributed by atoms with Crippen molar-refractivity contribution < 1.29 is 23.8 Å². The van der Waals surface area contributed by atoms with Crippen molar-refractivity contribution in [3.8, 4) is 5.75 Å². The number of carbonyl (C=O) groups excluding carboxylic acids is 2. The SMILES string of the molecule is CCOC(=O)CCN(CC1CCCO1)C(=O)CCOc1ccccc1. The van der Waals surface area contributed by atoms with E-state index in [9.17, 15) is 9.59 Å². The average Bonchev–Trinajstić information content (AvgIpc) is 3.13. The van der Waals surface area contributed by atoms with E-state index in [-0.39, 0.29) is 30.8 Å². The topological polar surface area (TPSA) is 65.1 Å². The Morgan fingerprint density at radius 1 is 1.24 bits per heavy atom. The Morgan fingerprint density at radius 2 is 2.04 bits per heavy atom. The second kappa shape index (κ2) is 10.7. The number of nitrogens with zero attached hydrogens (tertiary/aromatic N) is 1. The van der Waals surface area contributed by atoms with Crippen LogP contribution < -0.4 is 4.74 Å². The minimum atomic E-state index is -0.284. The molecule has 0 aromatic heterocycles. The summed E-state index contributed by atoms with van der Waals surface area (Å²) in [6.45, 7) is 4.04. The van der Waals surface area contributed by atoms with Crippen molar-refractivity contribution in [3.63, 3.8) is 0 Å². The van der Waals surface area contributed by atoms with E-state index in [2.05, 4.69) is 0 Å². The molecule has 2 rings (SSSR count). The van der Waals surface area contributed by atoms with Crippen molar-refractivity contribution >= 4 is 11.9 Å². The second-order valence-corrected chi connectivity index (χ2v) is 5.94. The van der Waals surface area contributed by atoms with Gasteiger partial charge in [0.25, 0.3) is 0 Å². The summed E-state index contributed by atoms with van der Waals surface area (Å²) >= 11 is 0. The highest BCUT2D eigenvalue weighted by Crippen LogP contribution is 2.15. The summed E-state index contributed by atoms with van der Waals surface area (Å²) < 4.78 is 16.2. The molecule has 1 aliphatic heterocycles. The van der Waals surface area contributed by atoms with Gasteiger partial charge in [0.15, 0.2) is 0 Å². The Balaban J connectivity index is 1.81. The summed E-state index contributed by atoms with van der Waals surface area (Å²) in [6.07, 6.45) is 2.49. The zero-order valence-electron chi connectivity index (χ0n) is 14.8. The van der Waals surface area contributed by atoms with Crippen LogP contribution in [-0.2, 0) is 19.1 Å². The molecule has 6 heteroatoms. The van der Waals surface area contributed by atoms with Gasteiger partial charge in [0.2, 0.25) is 5.91 Å². The molecule has 1 amide bonds. The highest BCUT2D eigenvalue weighted by Gasteiger charge is 2.23. The molecule has 1 aliphatic rings. The molecule has 25 heavy (non-hydrogen) atoms. The van der Waals surface area contributed by atoms with Crippen LogP contribution in [0.1, 0.15) is 32.6 Å². The summed E-state index contributed by atoms with van der Waals surface area (Å²) in [6, 6.07) is 9.40. The van der Waals surface area contributed by atoms with Crippen LogP contribution in [0.5, 0.6) is 5.75 Å². The van der Waals surface area contributed by atoms with Crippen molar-refractivity contribution in [1.29, 1.82) is 0 Å². The van der Waals surface area contributed by atoms with Gasteiger partial charge in [-0.25, -0.2) is 0 Å². The van der Waals surface area contributed by atoms with Gasteiger partial charge in [0.1, 0.15) is 5.75 Å². The lowest BCUT2D eigenvalue weighted by Crippen LogP contribution is -2.39. The number of ether oxygens (including phenoxy) is 3. The third kappa shape index (κ3) is 7.13. The van der Waals surface area contributed by atoms with Gasteiger partial charge in [-0.05, 0) is 31.9 Å². The molecule has 0 radical (unpaired) electrons. The molecule has 1 aromatic rings. The van der Waals surface area contributed by atoms with Crippen molar-refractivity contribution in [1.82, 2.24) is 4.90 Å². The lowest BCUT2D eigenvalue weighted by atomic mass is 10.2. The quantitative estimate of drug-likeness (QED) is 0.607. The van der Waals surface area contributed by atoms with Crippen LogP contribution >= 0.6 is 0 Å². The molecule has 1 heterocycles. The molecule has 1 aromatic carbocycles. The maximum atomic E-state index is 12.5. The first kappa shape index (κ1) is 19.2. The van der Waals surface area contributed by atoms with E-state index < -0.39 is 0 Å². The van der Waals surface area contributed by atoms with Crippen molar-refractivity contribution in [2.45, 2.75) is 38.7 Å². The zero-order valence-corrected chi connectivity index (χ0v) is 14.8. The Labute approximate surface area is 149 Å². The lowest BCUT2D eigenvalue weighted by molar-refractivity contribution is -0.144. The van der Waals surface area contributed by atoms with Crippen LogP contribution in [0.3, 0.4) is 0 Å². The molecule has 1 saturated heterocycles. The number of para-hydroxylation sites is 1. The average molecular weight is 349 g/mol. The number of amides is 1. The van der Waals surface area contributed by atoms with Gasteiger partial charge in [0, 0.05) is 19.7 Å². The normalized spacial score (nSPS) is 16.4. The minimum absolute atomic E-state index is 0.0317. The molecule has 0 aliphatic carbocycles. The fraction of sp³-hybridized carbons (Fsp3) is 0.579. The molecule has 6 nitrogen and oxygen atoms in total. The third-order valence-corrected chi connectivity index (χ3v) is 4.02. The number of carbonyl (C=O) groups is 2. The van der Waals surface area contributed by atoms with Crippen molar-refractivity contribution in [3.05, 3.63) is 30.3 Å². The van der Waals surface area contributed by atoms with E-state index >= 15 is 0 Å². The van der Waals surface area contributed by atoms with Gasteiger partial charge < -0.3 is 19.1 Å². The Hall–Kier alpha value is -2.08. The minimum Gasteiger partial charge on any atom is -0.493 e. The number of hydrogen-bond donors (Lipinski definition) is 0. The lowest BCUT2D eigenvalue weighted by Gasteiger charge is -2.25. The summed E-state index contributed by atoms with van der Waals surface area (Å²) in [4.78, 5) is 25.8. The van der Waals surface area contributed by atoms with E-state index in [0.717, 1.165) is 25.2 Å². The molecular formula is C19H27NO5.